The van der Waals surface area contributed by atoms with Crippen molar-refractivity contribution in [3.05, 3.63) is 0 Å². The Kier molecular flexibility index (Phi) is 2.66. The lowest BCUT2D eigenvalue weighted by molar-refractivity contribution is 0.518. The zero-order valence-electron chi connectivity index (χ0n) is 5.11. The monoisotopic (exact) mass is 132 g/mol. The van der Waals surface area contributed by atoms with E-state index in [1.165, 1.54) is 19.3 Å². The molecule has 8 heavy (non-hydrogen) atoms. The molecular formula is C5H12N2S. The molecule has 2 N–H and O–H groups in total. The summed E-state index contributed by atoms with van der Waals surface area (Å²) in [6.07, 6.45) is 4.20. The summed E-state index contributed by atoms with van der Waals surface area (Å²) in [5, 5.41) is 0.877. The number of hydrazine groups is 1. The zero-order chi connectivity index (χ0) is 5.82. The first-order valence-corrected chi connectivity index (χ1v) is 3.89. The topological polar surface area (TPSA) is 24.1 Å². The first-order chi connectivity index (χ1) is 3.93. The summed E-state index contributed by atoms with van der Waals surface area (Å²) >= 11 is 1.80. The van der Waals surface area contributed by atoms with E-state index in [1.807, 2.05) is 7.05 Å². The molecule has 1 rings (SSSR count). The maximum absolute atomic E-state index is 3.02. The third-order valence-electron chi connectivity index (χ3n) is 1.38. The van der Waals surface area contributed by atoms with Gasteiger partial charge < -0.3 is 0 Å². The first-order valence-electron chi connectivity index (χ1n) is 3.01. The van der Waals surface area contributed by atoms with Gasteiger partial charge in [0.15, 0.2) is 0 Å². The summed E-state index contributed by atoms with van der Waals surface area (Å²) in [6.45, 7) is 0. The second-order valence-corrected chi connectivity index (χ2v) is 3.13. The van der Waals surface area contributed by atoms with Crippen LogP contribution >= 0.6 is 11.9 Å². The molecule has 0 aromatic heterocycles. The minimum Gasteiger partial charge on any atom is -0.251 e. The van der Waals surface area contributed by atoms with Crippen molar-refractivity contribution >= 4 is 11.9 Å². The van der Waals surface area contributed by atoms with E-state index < -0.39 is 0 Å². The molecule has 0 amide bonds. The molecule has 0 aromatic rings. The zero-order valence-corrected chi connectivity index (χ0v) is 5.92. The summed E-state index contributed by atoms with van der Waals surface area (Å²) in [7, 11) is 1.89. The van der Waals surface area contributed by atoms with Gasteiger partial charge in [-0.05, 0) is 19.9 Å². The molecule has 1 fully saturated rings. The molecule has 0 spiro atoms. The first kappa shape index (κ1) is 6.39. The molecule has 0 atom stereocenters. The summed E-state index contributed by atoms with van der Waals surface area (Å²) in [5.74, 6) is 0. The molecule has 0 heterocycles. The molecule has 0 radical (unpaired) electrons. The smallest absolute Gasteiger partial charge is 0.0205 e. The predicted molar refractivity (Wildman–Crippen MR) is 37.4 cm³/mol. The third-order valence-corrected chi connectivity index (χ3v) is 2.51. The summed E-state index contributed by atoms with van der Waals surface area (Å²) in [4.78, 5) is 3.02. The molecule has 1 aliphatic rings. The van der Waals surface area contributed by atoms with Gasteiger partial charge in [-0.2, -0.15) is 0 Å². The standard InChI is InChI=1S/C5H12N2S/c1-6-7-8-5-3-2-4-5/h5-7H,2-4H2,1H3. The minimum atomic E-state index is 0.877. The van der Waals surface area contributed by atoms with Crippen LogP contribution in [0.4, 0.5) is 0 Å². The Balaban J connectivity index is 1.86. The summed E-state index contributed by atoms with van der Waals surface area (Å²) in [5.41, 5.74) is 2.88. The van der Waals surface area contributed by atoms with Crippen molar-refractivity contribution in [2.24, 2.45) is 0 Å². The second kappa shape index (κ2) is 3.33. The number of hydrogen-bond donors (Lipinski definition) is 2. The van der Waals surface area contributed by atoms with Gasteiger partial charge in [-0.1, -0.05) is 18.4 Å². The van der Waals surface area contributed by atoms with Crippen LogP contribution < -0.4 is 10.3 Å². The summed E-state index contributed by atoms with van der Waals surface area (Å²) < 4.78 is 0. The van der Waals surface area contributed by atoms with Crippen LogP contribution in [0.25, 0.3) is 0 Å². The van der Waals surface area contributed by atoms with Crippen molar-refractivity contribution < 1.29 is 0 Å². The van der Waals surface area contributed by atoms with E-state index in [2.05, 4.69) is 10.3 Å². The van der Waals surface area contributed by atoms with Gasteiger partial charge in [-0.25, -0.2) is 4.83 Å². The van der Waals surface area contributed by atoms with Gasteiger partial charge >= 0.3 is 0 Å². The Morgan fingerprint density at radius 3 is 2.62 bits per heavy atom. The molecule has 3 heteroatoms. The van der Waals surface area contributed by atoms with E-state index in [9.17, 15) is 0 Å². The molecule has 1 aliphatic carbocycles. The number of hydrogen-bond acceptors (Lipinski definition) is 3. The maximum Gasteiger partial charge on any atom is 0.0205 e. The van der Waals surface area contributed by atoms with Crippen LogP contribution in [-0.2, 0) is 0 Å². The fraction of sp³-hybridized carbons (Fsp3) is 1.00. The van der Waals surface area contributed by atoms with Crippen molar-refractivity contribution in [1.29, 1.82) is 0 Å². The molecule has 0 saturated heterocycles. The third kappa shape index (κ3) is 1.65. The van der Waals surface area contributed by atoms with Crippen molar-refractivity contribution in [2.45, 2.75) is 24.5 Å². The molecule has 1 saturated carbocycles. The van der Waals surface area contributed by atoms with Crippen molar-refractivity contribution in [3.63, 3.8) is 0 Å². The average Bonchev–Trinajstić information content (AvgIpc) is 1.63. The molecule has 2 nitrogen and oxygen atoms in total. The molecular weight excluding hydrogens is 120 g/mol. The molecule has 48 valence electrons. The predicted octanol–water partition coefficient (Wildman–Crippen LogP) is 0.911. The van der Waals surface area contributed by atoms with Crippen LogP contribution in [0.5, 0.6) is 0 Å². The van der Waals surface area contributed by atoms with Gasteiger partial charge in [-0.3, -0.25) is 5.43 Å². The van der Waals surface area contributed by atoms with Crippen LogP contribution in [0.2, 0.25) is 0 Å². The van der Waals surface area contributed by atoms with Gasteiger partial charge in [0.2, 0.25) is 0 Å². The van der Waals surface area contributed by atoms with Gasteiger partial charge in [0.25, 0.3) is 0 Å². The maximum atomic E-state index is 3.02. The van der Waals surface area contributed by atoms with E-state index in [0.29, 0.717) is 0 Å². The van der Waals surface area contributed by atoms with Crippen LogP contribution in [0, 0.1) is 0 Å². The average molecular weight is 132 g/mol. The number of nitrogens with one attached hydrogen (secondary N) is 2. The fourth-order valence-corrected chi connectivity index (χ4v) is 1.48. The largest absolute Gasteiger partial charge is 0.251 e. The lowest BCUT2D eigenvalue weighted by Crippen LogP contribution is -2.26. The SMILES string of the molecule is CNNSC1CCC1. The van der Waals surface area contributed by atoms with Crippen LogP contribution in [-0.4, -0.2) is 12.3 Å². The highest BCUT2D eigenvalue weighted by Gasteiger charge is 2.16. The highest BCUT2D eigenvalue weighted by Crippen LogP contribution is 2.28. The quantitative estimate of drug-likeness (QED) is 0.441. The molecule has 0 aromatic carbocycles. The summed E-state index contributed by atoms with van der Waals surface area (Å²) in [6, 6.07) is 0. The van der Waals surface area contributed by atoms with Crippen LogP contribution in [0.3, 0.4) is 0 Å². The van der Waals surface area contributed by atoms with Crippen molar-refractivity contribution in [2.75, 3.05) is 7.05 Å². The van der Waals surface area contributed by atoms with E-state index >= 15 is 0 Å². The van der Waals surface area contributed by atoms with E-state index in [-0.39, 0.29) is 0 Å². The Hall–Kier alpha value is 0.270. The van der Waals surface area contributed by atoms with Crippen molar-refractivity contribution in [1.82, 2.24) is 10.3 Å². The van der Waals surface area contributed by atoms with Crippen LogP contribution in [0.1, 0.15) is 19.3 Å². The minimum absolute atomic E-state index is 0.877. The van der Waals surface area contributed by atoms with Gasteiger partial charge in [0.05, 0.1) is 0 Å². The molecule has 0 bridgehead atoms. The number of rotatable bonds is 3. The van der Waals surface area contributed by atoms with Crippen molar-refractivity contribution in [3.8, 4) is 0 Å². The fourth-order valence-electron chi connectivity index (χ4n) is 0.631. The van der Waals surface area contributed by atoms with Gasteiger partial charge in [-0.15, -0.1) is 0 Å². The highest BCUT2D eigenvalue weighted by molar-refractivity contribution is 7.98. The highest BCUT2D eigenvalue weighted by atomic mass is 32.2. The normalized spacial score (nSPS) is 20.6. The molecule has 0 unspecified atom stereocenters. The van der Waals surface area contributed by atoms with E-state index in [4.69, 9.17) is 0 Å². The Labute approximate surface area is 54.5 Å². The lowest BCUT2D eigenvalue weighted by Gasteiger charge is -2.23. The second-order valence-electron chi connectivity index (χ2n) is 2.02. The van der Waals surface area contributed by atoms with E-state index in [1.54, 1.807) is 11.9 Å². The van der Waals surface area contributed by atoms with Gasteiger partial charge in [0.1, 0.15) is 0 Å². The van der Waals surface area contributed by atoms with Gasteiger partial charge in [0, 0.05) is 5.25 Å². The van der Waals surface area contributed by atoms with Crippen LogP contribution in [0.15, 0.2) is 0 Å². The Morgan fingerprint density at radius 2 is 2.25 bits per heavy atom. The molecule has 0 aliphatic heterocycles. The Morgan fingerprint density at radius 1 is 1.50 bits per heavy atom. The van der Waals surface area contributed by atoms with E-state index in [0.717, 1.165) is 5.25 Å². The Bertz CT molecular complexity index is 63.4. The lowest BCUT2D eigenvalue weighted by atomic mass is 10.0.